The van der Waals surface area contributed by atoms with Gasteiger partial charge < -0.3 is 0 Å². The average Bonchev–Trinajstić information content (AvgIpc) is 3.01. The SMILES string of the molecule is CC1c2cc(-c3ccc(F)cc3)ccc2C(CCN(C)S(=O)(=O)c2cc(Cl)cc(Cl)c2)[C@@H]1C. The fourth-order valence-electron chi connectivity index (χ4n) is 4.76. The number of sulfonamides is 1. The number of nitrogens with zero attached hydrogens (tertiary/aromatic N) is 1. The summed E-state index contributed by atoms with van der Waals surface area (Å²) >= 11 is 12.0. The summed E-state index contributed by atoms with van der Waals surface area (Å²) in [5, 5.41) is 0.581. The van der Waals surface area contributed by atoms with Gasteiger partial charge in [0, 0.05) is 23.6 Å². The van der Waals surface area contributed by atoms with E-state index < -0.39 is 10.0 Å². The fraction of sp³-hybridized carbons (Fsp3) is 0.308. The van der Waals surface area contributed by atoms with E-state index in [0.29, 0.717) is 34.8 Å². The minimum atomic E-state index is -3.70. The lowest BCUT2D eigenvalue weighted by atomic mass is 9.87. The largest absolute Gasteiger partial charge is 0.242 e. The van der Waals surface area contributed by atoms with Crippen LogP contribution in [0.25, 0.3) is 11.1 Å². The molecule has 3 nitrogen and oxygen atoms in total. The van der Waals surface area contributed by atoms with E-state index in [-0.39, 0.29) is 16.6 Å². The van der Waals surface area contributed by atoms with Gasteiger partial charge in [-0.1, -0.05) is 67.4 Å². The number of benzene rings is 3. The maximum atomic E-state index is 13.3. The van der Waals surface area contributed by atoms with E-state index in [1.165, 1.54) is 45.8 Å². The lowest BCUT2D eigenvalue weighted by Gasteiger charge is -2.23. The smallest absolute Gasteiger partial charge is 0.207 e. The maximum absolute atomic E-state index is 13.3. The number of fused-ring (bicyclic) bond motifs is 1. The van der Waals surface area contributed by atoms with Crippen LogP contribution in [0.2, 0.25) is 10.0 Å². The molecule has 0 spiro atoms. The van der Waals surface area contributed by atoms with E-state index in [4.69, 9.17) is 23.2 Å². The molecule has 0 fully saturated rings. The van der Waals surface area contributed by atoms with E-state index in [2.05, 4.69) is 32.0 Å². The monoisotopic (exact) mass is 505 g/mol. The average molecular weight is 506 g/mol. The summed E-state index contributed by atoms with van der Waals surface area (Å²) in [5.41, 5.74) is 4.58. The van der Waals surface area contributed by atoms with Crippen molar-refractivity contribution >= 4 is 33.2 Å². The molecule has 0 saturated heterocycles. The molecule has 0 heterocycles. The first-order chi connectivity index (χ1) is 15.6. The number of halogens is 3. The van der Waals surface area contributed by atoms with Crippen LogP contribution in [0.1, 0.15) is 43.2 Å². The Morgan fingerprint density at radius 3 is 2.12 bits per heavy atom. The molecule has 0 saturated carbocycles. The summed E-state index contributed by atoms with van der Waals surface area (Å²) < 4.78 is 40.8. The number of hydrogen-bond acceptors (Lipinski definition) is 2. The minimum absolute atomic E-state index is 0.0969. The molecule has 4 rings (SSSR count). The van der Waals surface area contributed by atoms with Crippen molar-refractivity contribution in [1.82, 2.24) is 4.31 Å². The highest BCUT2D eigenvalue weighted by Crippen LogP contribution is 2.48. The quantitative estimate of drug-likeness (QED) is 0.351. The van der Waals surface area contributed by atoms with Crippen LogP contribution < -0.4 is 0 Å². The first-order valence-corrected chi connectivity index (χ1v) is 13.1. The van der Waals surface area contributed by atoms with Gasteiger partial charge in [-0.2, -0.15) is 0 Å². The first-order valence-electron chi connectivity index (χ1n) is 10.9. The Kier molecular flexibility index (Phi) is 6.88. The second-order valence-electron chi connectivity index (χ2n) is 8.83. The normalized spacial score (nSPS) is 20.3. The van der Waals surface area contributed by atoms with Gasteiger partial charge in [0.05, 0.1) is 4.90 Å². The number of rotatable bonds is 6. The second kappa shape index (κ2) is 9.38. The van der Waals surface area contributed by atoms with Crippen LogP contribution in [0.5, 0.6) is 0 Å². The van der Waals surface area contributed by atoms with Crippen LogP contribution in [-0.4, -0.2) is 26.3 Å². The van der Waals surface area contributed by atoms with E-state index in [0.717, 1.165) is 11.1 Å². The lowest BCUT2D eigenvalue weighted by Crippen LogP contribution is -2.29. The summed E-state index contributed by atoms with van der Waals surface area (Å²) in [7, 11) is -2.11. The third kappa shape index (κ3) is 4.83. The first kappa shape index (κ1) is 24.2. The zero-order chi connectivity index (χ0) is 23.9. The standard InChI is InChI=1S/C26H26Cl2FNO2S/c1-16-17(2)26-12-19(18-4-7-22(29)8-5-18)6-9-25(26)24(16)10-11-30(3)33(31,32)23-14-20(27)13-21(28)15-23/h4-9,12-17,24H,10-11H2,1-3H3/t16-,17?,24?/m1/s1. The molecule has 0 aliphatic heterocycles. The van der Waals surface area contributed by atoms with Crippen molar-refractivity contribution in [2.24, 2.45) is 5.92 Å². The molecule has 0 bridgehead atoms. The molecular formula is C26H26Cl2FNO2S. The summed E-state index contributed by atoms with van der Waals surface area (Å²) in [6.07, 6.45) is 0.707. The molecule has 7 heteroatoms. The molecule has 0 aromatic heterocycles. The molecule has 1 aliphatic carbocycles. The second-order valence-corrected chi connectivity index (χ2v) is 11.7. The summed E-state index contributed by atoms with van der Waals surface area (Å²) in [6.45, 7) is 4.82. The van der Waals surface area contributed by atoms with Crippen LogP contribution in [0.3, 0.4) is 0 Å². The van der Waals surface area contributed by atoms with Crippen LogP contribution in [0.15, 0.2) is 65.6 Å². The topological polar surface area (TPSA) is 37.4 Å². The zero-order valence-corrected chi connectivity index (χ0v) is 21.1. The van der Waals surface area contributed by atoms with Gasteiger partial charge >= 0.3 is 0 Å². The Bertz CT molecular complexity index is 1260. The third-order valence-electron chi connectivity index (χ3n) is 6.88. The molecule has 3 atom stereocenters. The molecule has 3 aromatic carbocycles. The molecule has 1 aliphatic rings. The van der Waals surface area contributed by atoms with Gasteiger partial charge in [-0.05, 0) is 76.8 Å². The van der Waals surface area contributed by atoms with Crippen molar-refractivity contribution in [2.75, 3.05) is 13.6 Å². The van der Waals surface area contributed by atoms with Crippen LogP contribution >= 0.6 is 23.2 Å². The number of hydrogen-bond donors (Lipinski definition) is 0. The summed E-state index contributed by atoms with van der Waals surface area (Å²) in [6, 6.07) is 17.3. The van der Waals surface area contributed by atoms with Crippen molar-refractivity contribution < 1.29 is 12.8 Å². The van der Waals surface area contributed by atoms with E-state index in [1.54, 1.807) is 19.2 Å². The van der Waals surface area contributed by atoms with E-state index in [1.807, 2.05) is 0 Å². The van der Waals surface area contributed by atoms with Crippen molar-refractivity contribution in [3.05, 3.63) is 87.7 Å². The van der Waals surface area contributed by atoms with E-state index in [9.17, 15) is 12.8 Å². The van der Waals surface area contributed by atoms with Gasteiger partial charge in [0.1, 0.15) is 5.82 Å². The molecule has 2 unspecified atom stereocenters. The predicted octanol–water partition coefficient (Wildman–Crippen LogP) is 7.35. The molecular weight excluding hydrogens is 480 g/mol. The Morgan fingerprint density at radius 1 is 0.879 bits per heavy atom. The van der Waals surface area contributed by atoms with Gasteiger partial charge in [0.15, 0.2) is 0 Å². The van der Waals surface area contributed by atoms with Crippen molar-refractivity contribution in [2.45, 2.75) is 37.0 Å². The summed E-state index contributed by atoms with van der Waals surface area (Å²) in [5.74, 6) is 0.721. The van der Waals surface area contributed by atoms with Crippen LogP contribution in [-0.2, 0) is 10.0 Å². The molecule has 33 heavy (non-hydrogen) atoms. The van der Waals surface area contributed by atoms with Gasteiger partial charge in [-0.15, -0.1) is 0 Å². The molecule has 3 aromatic rings. The molecule has 174 valence electrons. The van der Waals surface area contributed by atoms with Crippen molar-refractivity contribution in [1.29, 1.82) is 0 Å². The Morgan fingerprint density at radius 2 is 1.48 bits per heavy atom. The molecule has 0 radical (unpaired) electrons. The van der Waals surface area contributed by atoms with Crippen LogP contribution in [0.4, 0.5) is 4.39 Å². The predicted molar refractivity (Wildman–Crippen MR) is 133 cm³/mol. The Labute approximate surface area is 205 Å². The van der Waals surface area contributed by atoms with Gasteiger partial charge in [-0.3, -0.25) is 0 Å². The Hall–Kier alpha value is -1.92. The van der Waals surface area contributed by atoms with Crippen molar-refractivity contribution in [3.8, 4) is 11.1 Å². The van der Waals surface area contributed by atoms with Gasteiger partial charge in [0.25, 0.3) is 0 Å². The third-order valence-corrected chi connectivity index (χ3v) is 9.15. The maximum Gasteiger partial charge on any atom is 0.242 e. The lowest BCUT2D eigenvalue weighted by molar-refractivity contribution is 0.379. The molecule has 0 amide bonds. The Balaban J connectivity index is 1.54. The minimum Gasteiger partial charge on any atom is -0.207 e. The van der Waals surface area contributed by atoms with E-state index >= 15 is 0 Å². The fourth-order valence-corrected chi connectivity index (χ4v) is 6.67. The van der Waals surface area contributed by atoms with Gasteiger partial charge in [-0.25, -0.2) is 17.1 Å². The van der Waals surface area contributed by atoms with Crippen LogP contribution in [0, 0.1) is 11.7 Å². The molecule has 0 N–H and O–H groups in total. The van der Waals surface area contributed by atoms with Gasteiger partial charge in [0.2, 0.25) is 10.0 Å². The highest BCUT2D eigenvalue weighted by Gasteiger charge is 2.36. The van der Waals surface area contributed by atoms with Crippen molar-refractivity contribution in [3.63, 3.8) is 0 Å². The summed E-state index contributed by atoms with van der Waals surface area (Å²) in [4.78, 5) is 0.0969. The highest BCUT2D eigenvalue weighted by atomic mass is 35.5. The zero-order valence-electron chi connectivity index (χ0n) is 18.7. The highest BCUT2D eigenvalue weighted by molar-refractivity contribution is 7.89.